The molecule has 0 aromatic heterocycles. The van der Waals surface area contributed by atoms with Gasteiger partial charge in [-0.2, -0.15) is 5.26 Å². The molecule has 58 valence electrons. The molecule has 7 nitrogen and oxygen atoms in total. The molecule has 10 heteroatoms. The van der Waals surface area contributed by atoms with Crippen LogP contribution in [0.25, 0.3) is 0 Å². The molecule has 11 heavy (non-hydrogen) atoms. The van der Waals surface area contributed by atoms with Crippen LogP contribution in [0.2, 0.25) is 0 Å². The van der Waals surface area contributed by atoms with Gasteiger partial charge in [0.15, 0.2) is 0 Å². The quantitative estimate of drug-likeness (QED) is 0.191. The van der Waals surface area contributed by atoms with Crippen molar-refractivity contribution in [3.63, 3.8) is 0 Å². The van der Waals surface area contributed by atoms with Gasteiger partial charge in [0.1, 0.15) is 0 Å². The van der Waals surface area contributed by atoms with Gasteiger partial charge >= 0.3 is 74.4 Å². The van der Waals surface area contributed by atoms with Crippen LogP contribution in [-0.2, 0) is 9.35 Å². The summed E-state index contributed by atoms with van der Waals surface area (Å²) in [5.74, 6) is 0. The van der Waals surface area contributed by atoms with Gasteiger partial charge in [0.2, 0.25) is 0 Å². The Balaban J connectivity index is -0.0000000383. The first-order valence-electron chi connectivity index (χ1n) is 1.47. The molecule has 0 spiro atoms. The number of hydrogen-bond acceptors (Lipinski definition) is 4. The van der Waals surface area contributed by atoms with E-state index in [1.807, 2.05) is 0 Å². The summed E-state index contributed by atoms with van der Waals surface area (Å²) in [6.07, 6.45) is -1.69. The van der Waals surface area contributed by atoms with Crippen LogP contribution in [0, 0.1) is 0 Å². The van der Waals surface area contributed by atoms with Crippen LogP contribution in [0.4, 0.5) is 4.79 Å². The molecule has 0 heterocycles. The van der Waals surface area contributed by atoms with Crippen LogP contribution in [0.1, 0.15) is 0 Å². The zero-order valence-corrected chi connectivity index (χ0v) is 5.01. The van der Waals surface area contributed by atoms with Crippen LogP contribution in [0.15, 0.2) is 0 Å². The number of carbonyl (C=O) groups is 1. The third-order valence-corrected chi connectivity index (χ3v) is 0.0781. The summed E-state index contributed by atoms with van der Waals surface area (Å²) >= 11 is 0. The van der Waals surface area contributed by atoms with Crippen LogP contribution >= 0.6 is 0 Å². The molecule has 0 aliphatic rings. The van der Waals surface area contributed by atoms with Crippen molar-refractivity contribution >= 4 is 74.4 Å². The second-order valence-electron chi connectivity index (χ2n) is 0.640. The van der Waals surface area contributed by atoms with E-state index >= 15 is 0 Å². The van der Waals surface area contributed by atoms with Gasteiger partial charge in [0.25, 0.3) is 0 Å². The molecular formula is CH6Na2O7Si. The number of carboxylic acid groups (broad SMARTS) is 1. The van der Waals surface area contributed by atoms with Gasteiger partial charge in [-0.1, -0.05) is 0 Å². The number of rotatable bonds is 0. The molecule has 0 bridgehead atoms. The van der Waals surface area contributed by atoms with Crippen molar-refractivity contribution in [2.75, 3.05) is 0 Å². The average molecular weight is 204 g/mol. The van der Waals surface area contributed by atoms with E-state index in [0.717, 1.165) is 0 Å². The van der Waals surface area contributed by atoms with E-state index < -0.39 is 15.3 Å². The van der Waals surface area contributed by atoms with Crippen molar-refractivity contribution in [3.05, 3.63) is 0 Å². The van der Waals surface area contributed by atoms with E-state index in [0.29, 0.717) is 0 Å². The van der Waals surface area contributed by atoms with Crippen LogP contribution in [-0.4, -0.2) is 94.4 Å². The average Bonchev–Trinajstić information content (AvgIpc) is 1.65. The van der Waals surface area contributed by atoms with Gasteiger partial charge in [0, 0.05) is 0 Å². The molecule has 0 aliphatic heterocycles. The minimum absolute atomic E-state index is 0. The Kier molecular flexibility index (Phi) is 35.2. The standard InChI is InChI=1S/CH2O4.2Na.H2O3Si.2H/c2-1(3)5-4;;;1-4(2)3;;/h4H,(H,2,3);;;1-2H;;. The Bertz CT molecular complexity index is 101. The molecule has 0 aromatic rings. The van der Waals surface area contributed by atoms with Gasteiger partial charge in [-0.3, -0.25) is 9.35 Å². The second kappa shape index (κ2) is 17.1. The van der Waals surface area contributed by atoms with E-state index in [1.54, 1.807) is 0 Å². The molecule has 0 saturated carbocycles. The summed E-state index contributed by atoms with van der Waals surface area (Å²) in [6, 6.07) is 0. The first-order valence-corrected chi connectivity index (χ1v) is 2.77. The van der Waals surface area contributed by atoms with Crippen molar-refractivity contribution < 1.29 is 34.1 Å². The first-order chi connectivity index (χ1) is 4.00. The summed E-state index contributed by atoms with van der Waals surface area (Å²) in [4.78, 5) is 25.9. The Hall–Kier alpha value is 0.847. The van der Waals surface area contributed by atoms with E-state index in [-0.39, 0.29) is 59.1 Å². The Morgan fingerprint density at radius 3 is 1.36 bits per heavy atom. The molecule has 0 atom stereocenters. The third-order valence-electron chi connectivity index (χ3n) is 0.0781. The number of hydrogen-bond donors (Lipinski definition) is 4. The zero-order chi connectivity index (χ0) is 7.86. The summed E-state index contributed by atoms with van der Waals surface area (Å²) in [5.41, 5.74) is 0. The van der Waals surface area contributed by atoms with Crippen molar-refractivity contribution in [2.24, 2.45) is 0 Å². The first kappa shape index (κ1) is 22.6. The van der Waals surface area contributed by atoms with Crippen LogP contribution < -0.4 is 0 Å². The topological polar surface area (TPSA) is 124 Å². The Morgan fingerprint density at radius 2 is 1.36 bits per heavy atom. The Labute approximate surface area is 107 Å². The van der Waals surface area contributed by atoms with Gasteiger partial charge in [0.05, 0.1) is 0 Å². The molecule has 0 fully saturated rings. The summed E-state index contributed by atoms with van der Waals surface area (Å²) < 4.78 is 8.74. The molecule has 0 radical (unpaired) electrons. The van der Waals surface area contributed by atoms with E-state index in [9.17, 15) is 0 Å². The van der Waals surface area contributed by atoms with Crippen molar-refractivity contribution in [1.29, 1.82) is 0 Å². The summed E-state index contributed by atoms with van der Waals surface area (Å²) in [7, 11) is -3.13. The van der Waals surface area contributed by atoms with Crippen molar-refractivity contribution in [2.45, 2.75) is 0 Å². The predicted molar refractivity (Wildman–Crippen MR) is 36.9 cm³/mol. The van der Waals surface area contributed by atoms with E-state index in [1.165, 1.54) is 0 Å². The normalized spacial score (nSPS) is 5.18. The van der Waals surface area contributed by atoms with Gasteiger partial charge in [-0.25, -0.2) is 4.79 Å². The van der Waals surface area contributed by atoms with Gasteiger partial charge in [-0.15, -0.1) is 0 Å². The summed E-state index contributed by atoms with van der Waals surface area (Å²) in [6.45, 7) is 0. The fourth-order valence-electron chi connectivity index (χ4n) is 0. The SMILES string of the molecule is O=C(O)OO.O=[Si](O)O.[NaH].[NaH]. The molecule has 0 amide bonds. The van der Waals surface area contributed by atoms with Crippen LogP contribution in [0.5, 0.6) is 0 Å². The maximum absolute atomic E-state index is 8.90. The molecule has 0 aliphatic carbocycles. The molecule has 0 unspecified atom stereocenters. The van der Waals surface area contributed by atoms with E-state index in [2.05, 4.69) is 4.89 Å². The van der Waals surface area contributed by atoms with Gasteiger partial charge in [-0.05, 0) is 0 Å². The minimum atomic E-state index is -3.13. The van der Waals surface area contributed by atoms with Crippen molar-refractivity contribution in [1.82, 2.24) is 0 Å². The molecule has 0 saturated heterocycles. The molecular weight excluding hydrogens is 198 g/mol. The van der Waals surface area contributed by atoms with E-state index in [4.69, 9.17) is 29.2 Å². The monoisotopic (exact) mass is 204 g/mol. The molecule has 0 rings (SSSR count). The summed E-state index contributed by atoms with van der Waals surface area (Å²) in [5, 5.41) is 14.3. The zero-order valence-electron chi connectivity index (χ0n) is 4.01. The van der Waals surface area contributed by atoms with Crippen molar-refractivity contribution in [3.8, 4) is 0 Å². The molecule has 4 N–H and O–H groups in total. The van der Waals surface area contributed by atoms with Crippen LogP contribution in [0.3, 0.4) is 0 Å². The fourth-order valence-corrected chi connectivity index (χ4v) is 0. The third kappa shape index (κ3) is 105. The maximum atomic E-state index is 8.90. The Morgan fingerprint density at radius 1 is 1.27 bits per heavy atom. The second-order valence-corrected chi connectivity index (χ2v) is 1.20. The molecule has 0 aromatic carbocycles. The predicted octanol–water partition coefficient (Wildman–Crippen LogP) is -2.76. The fraction of sp³-hybridized carbons (Fsp3) is 0. The van der Waals surface area contributed by atoms with Gasteiger partial charge < -0.3 is 14.7 Å².